The van der Waals surface area contributed by atoms with E-state index < -0.39 is 0 Å². The lowest BCUT2D eigenvalue weighted by Crippen LogP contribution is -2.03. The van der Waals surface area contributed by atoms with E-state index in [2.05, 4.69) is 15.4 Å². The Labute approximate surface area is 100 Å². The lowest BCUT2D eigenvalue weighted by molar-refractivity contribution is 0.283. The van der Waals surface area contributed by atoms with Crippen LogP contribution < -0.4 is 5.32 Å². The van der Waals surface area contributed by atoms with Gasteiger partial charge in [-0.2, -0.15) is 4.98 Å². The van der Waals surface area contributed by atoms with E-state index in [0.29, 0.717) is 5.95 Å². The van der Waals surface area contributed by atoms with Crippen molar-refractivity contribution in [2.24, 2.45) is 0 Å². The Bertz CT molecular complexity index is 480. The first-order valence-electron chi connectivity index (χ1n) is 5.98. The van der Waals surface area contributed by atoms with Crippen molar-refractivity contribution < 1.29 is 5.11 Å². The van der Waals surface area contributed by atoms with Gasteiger partial charge >= 0.3 is 0 Å². The molecule has 0 aliphatic rings. The van der Waals surface area contributed by atoms with Crippen LogP contribution in [0, 0.1) is 6.92 Å². The second-order valence-corrected chi connectivity index (χ2v) is 4.08. The first-order valence-corrected chi connectivity index (χ1v) is 5.98. The molecule has 0 spiro atoms. The van der Waals surface area contributed by atoms with Gasteiger partial charge in [-0.05, 0) is 38.3 Å². The Morgan fingerprint density at radius 1 is 1.29 bits per heavy atom. The molecule has 17 heavy (non-hydrogen) atoms. The summed E-state index contributed by atoms with van der Waals surface area (Å²) in [6.07, 6.45) is 2.91. The second-order valence-electron chi connectivity index (χ2n) is 4.08. The summed E-state index contributed by atoms with van der Waals surface area (Å²) in [5.41, 5.74) is 1.94. The van der Waals surface area contributed by atoms with Crippen LogP contribution in [0.15, 0.2) is 18.2 Å². The molecule has 92 valence electrons. The van der Waals surface area contributed by atoms with Crippen LogP contribution in [0.3, 0.4) is 0 Å². The molecule has 0 aromatic carbocycles. The fourth-order valence-corrected chi connectivity index (χ4v) is 1.72. The van der Waals surface area contributed by atoms with E-state index in [4.69, 9.17) is 5.11 Å². The van der Waals surface area contributed by atoms with Gasteiger partial charge in [-0.25, -0.2) is 4.52 Å². The molecular weight excluding hydrogens is 216 g/mol. The number of nitrogens with one attached hydrogen (secondary N) is 1. The van der Waals surface area contributed by atoms with Crippen LogP contribution in [-0.4, -0.2) is 32.9 Å². The smallest absolute Gasteiger partial charge is 0.243 e. The highest BCUT2D eigenvalue weighted by molar-refractivity contribution is 5.44. The van der Waals surface area contributed by atoms with Gasteiger partial charge in [-0.15, -0.1) is 5.10 Å². The van der Waals surface area contributed by atoms with E-state index in [1.165, 1.54) is 0 Å². The van der Waals surface area contributed by atoms with Gasteiger partial charge in [0, 0.05) is 18.8 Å². The highest BCUT2D eigenvalue weighted by atomic mass is 16.2. The van der Waals surface area contributed by atoms with Gasteiger partial charge in [0.05, 0.1) is 0 Å². The number of nitrogens with zero attached hydrogens (tertiary/aromatic N) is 3. The standard InChI is InChI=1S/C12H18N4O/c1-10-6-5-7-11-14-12(15-16(10)11)13-8-3-2-4-9-17/h5-7,17H,2-4,8-9H2,1H3,(H,13,15). The van der Waals surface area contributed by atoms with Gasteiger partial charge in [0.15, 0.2) is 5.65 Å². The molecular formula is C12H18N4O. The molecule has 2 heterocycles. The molecule has 5 heteroatoms. The van der Waals surface area contributed by atoms with Crippen LogP contribution in [0.25, 0.3) is 5.65 Å². The maximum absolute atomic E-state index is 8.66. The lowest BCUT2D eigenvalue weighted by Gasteiger charge is -2.00. The highest BCUT2D eigenvalue weighted by Crippen LogP contribution is 2.08. The Kier molecular flexibility index (Phi) is 3.93. The Hall–Kier alpha value is -1.62. The van der Waals surface area contributed by atoms with Crippen molar-refractivity contribution in [3.63, 3.8) is 0 Å². The molecule has 0 bridgehead atoms. The normalized spacial score (nSPS) is 10.9. The number of hydrogen-bond acceptors (Lipinski definition) is 4. The third kappa shape index (κ3) is 2.94. The van der Waals surface area contributed by atoms with Crippen molar-refractivity contribution in [1.29, 1.82) is 0 Å². The minimum absolute atomic E-state index is 0.270. The zero-order valence-corrected chi connectivity index (χ0v) is 10.1. The highest BCUT2D eigenvalue weighted by Gasteiger charge is 2.03. The lowest BCUT2D eigenvalue weighted by atomic mass is 10.2. The summed E-state index contributed by atoms with van der Waals surface area (Å²) in [5.74, 6) is 0.670. The molecule has 0 radical (unpaired) electrons. The van der Waals surface area contributed by atoms with Gasteiger partial charge in [-0.1, -0.05) is 6.07 Å². The van der Waals surface area contributed by atoms with Gasteiger partial charge in [0.25, 0.3) is 0 Å². The summed E-state index contributed by atoms with van der Waals surface area (Å²) in [6, 6.07) is 5.92. The molecule has 2 rings (SSSR count). The van der Waals surface area contributed by atoms with Gasteiger partial charge in [-0.3, -0.25) is 0 Å². The monoisotopic (exact) mass is 234 g/mol. The molecule has 0 atom stereocenters. The number of pyridine rings is 1. The predicted octanol–water partition coefficient (Wildman–Crippen LogP) is 1.61. The molecule has 2 N–H and O–H groups in total. The fraction of sp³-hybridized carbons (Fsp3) is 0.500. The van der Waals surface area contributed by atoms with Crippen LogP contribution in [0.5, 0.6) is 0 Å². The quantitative estimate of drug-likeness (QED) is 0.745. The summed E-state index contributed by atoms with van der Waals surface area (Å²) < 4.78 is 1.83. The van der Waals surface area contributed by atoms with E-state index in [-0.39, 0.29) is 6.61 Å². The number of unbranched alkanes of at least 4 members (excludes halogenated alkanes) is 2. The number of aliphatic hydroxyl groups is 1. The third-order valence-electron chi connectivity index (χ3n) is 2.67. The van der Waals surface area contributed by atoms with Crippen molar-refractivity contribution in [3.05, 3.63) is 23.9 Å². The number of fused-ring (bicyclic) bond motifs is 1. The van der Waals surface area contributed by atoms with Gasteiger partial charge in [0.1, 0.15) is 0 Å². The van der Waals surface area contributed by atoms with E-state index in [9.17, 15) is 0 Å². The minimum Gasteiger partial charge on any atom is -0.396 e. The second kappa shape index (κ2) is 5.63. The minimum atomic E-state index is 0.270. The topological polar surface area (TPSA) is 62.5 Å². The molecule has 0 aliphatic heterocycles. The van der Waals surface area contributed by atoms with Crippen molar-refractivity contribution >= 4 is 11.6 Å². The molecule has 2 aromatic heterocycles. The average Bonchev–Trinajstić information content (AvgIpc) is 2.73. The Morgan fingerprint density at radius 3 is 2.94 bits per heavy atom. The zero-order valence-electron chi connectivity index (χ0n) is 10.1. The van der Waals surface area contributed by atoms with Crippen molar-refractivity contribution in [2.75, 3.05) is 18.5 Å². The number of rotatable bonds is 6. The number of aromatic nitrogens is 3. The first-order chi connectivity index (χ1) is 8.31. The third-order valence-corrected chi connectivity index (χ3v) is 2.67. The number of aliphatic hydroxyl groups excluding tert-OH is 1. The van der Waals surface area contributed by atoms with Crippen LogP contribution in [0.1, 0.15) is 25.0 Å². The average molecular weight is 234 g/mol. The maximum Gasteiger partial charge on any atom is 0.243 e. The number of aryl methyl sites for hydroxylation is 1. The molecule has 0 saturated carbocycles. The number of anilines is 1. The predicted molar refractivity (Wildman–Crippen MR) is 67.2 cm³/mol. The molecule has 0 aliphatic carbocycles. The van der Waals surface area contributed by atoms with E-state index in [1.54, 1.807) is 0 Å². The molecule has 0 amide bonds. The molecule has 2 aromatic rings. The summed E-state index contributed by atoms with van der Waals surface area (Å²) in [5, 5.41) is 16.2. The van der Waals surface area contributed by atoms with Crippen LogP contribution in [-0.2, 0) is 0 Å². The summed E-state index contributed by atoms with van der Waals surface area (Å²) in [6.45, 7) is 3.12. The van der Waals surface area contributed by atoms with E-state index >= 15 is 0 Å². The zero-order chi connectivity index (χ0) is 12.1. The molecule has 0 unspecified atom stereocenters. The largest absolute Gasteiger partial charge is 0.396 e. The Balaban J connectivity index is 1.93. The van der Waals surface area contributed by atoms with Gasteiger partial charge in [0.2, 0.25) is 5.95 Å². The van der Waals surface area contributed by atoms with Crippen LogP contribution in [0.2, 0.25) is 0 Å². The fourth-order valence-electron chi connectivity index (χ4n) is 1.72. The first kappa shape index (κ1) is 11.9. The molecule has 5 nitrogen and oxygen atoms in total. The number of hydrogen-bond donors (Lipinski definition) is 2. The SMILES string of the molecule is Cc1cccc2nc(NCCCCCO)nn12. The maximum atomic E-state index is 8.66. The van der Waals surface area contributed by atoms with Crippen molar-refractivity contribution in [1.82, 2.24) is 14.6 Å². The van der Waals surface area contributed by atoms with Crippen molar-refractivity contribution in [2.45, 2.75) is 26.2 Å². The molecule has 0 saturated heterocycles. The van der Waals surface area contributed by atoms with E-state index in [1.807, 2.05) is 29.6 Å². The van der Waals surface area contributed by atoms with Crippen LogP contribution >= 0.6 is 0 Å². The molecule has 0 fully saturated rings. The van der Waals surface area contributed by atoms with Gasteiger partial charge < -0.3 is 10.4 Å². The van der Waals surface area contributed by atoms with E-state index in [0.717, 1.165) is 37.1 Å². The summed E-state index contributed by atoms with van der Waals surface area (Å²) >= 11 is 0. The van der Waals surface area contributed by atoms with Crippen molar-refractivity contribution in [3.8, 4) is 0 Å². The summed E-state index contributed by atoms with van der Waals surface area (Å²) in [4.78, 5) is 4.38. The summed E-state index contributed by atoms with van der Waals surface area (Å²) in [7, 11) is 0. The Morgan fingerprint density at radius 2 is 2.18 bits per heavy atom. The van der Waals surface area contributed by atoms with Crippen LogP contribution in [0.4, 0.5) is 5.95 Å².